The number of ether oxygens (including phenoxy) is 2. The topological polar surface area (TPSA) is 75.2 Å². The molecule has 1 heterocycles. The molecule has 1 amide bonds. The number of rotatable bonds is 9. The van der Waals surface area contributed by atoms with E-state index in [0.29, 0.717) is 32.3 Å². The van der Waals surface area contributed by atoms with Crippen molar-refractivity contribution in [2.45, 2.75) is 33.2 Å². The number of carbonyl (C=O) groups is 1. The van der Waals surface area contributed by atoms with Crippen LogP contribution in [0.15, 0.2) is 47.5 Å². The summed E-state index contributed by atoms with van der Waals surface area (Å²) in [5.41, 5.74) is 4.40. The lowest BCUT2D eigenvalue weighted by Gasteiger charge is -2.29. The summed E-state index contributed by atoms with van der Waals surface area (Å²) in [6.45, 7) is 7.20. The molecule has 2 aromatic rings. The first-order valence-electron chi connectivity index (χ1n) is 11.2. The number of aliphatic imine (C=N–C) groups is 1. The standard InChI is InChI=1S/C25H34N4O3.HI/c1-4-31-14-15-32-23-16-19(2)11-12-21(23)17-27-25(26-3)28-18-24(30)29-13-7-9-20-8-5-6-10-22(20)29;/h5-6,8,10-12,16H,4,7,9,13-15,17-18H2,1-3H3,(H2,26,27,28);1H. The number of anilines is 1. The van der Waals surface area contributed by atoms with Crippen molar-refractivity contribution in [3.05, 3.63) is 59.2 Å². The fraction of sp³-hybridized carbons (Fsp3) is 0.440. The molecule has 0 radical (unpaired) electrons. The van der Waals surface area contributed by atoms with Gasteiger partial charge in [-0.1, -0.05) is 30.3 Å². The number of nitrogens with zero attached hydrogens (tertiary/aromatic N) is 2. The predicted molar refractivity (Wildman–Crippen MR) is 144 cm³/mol. The first kappa shape index (κ1) is 26.9. The van der Waals surface area contributed by atoms with Crippen molar-refractivity contribution in [1.82, 2.24) is 10.6 Å². The first-order chi connectivity index (χ1) is 15.6. The molecule has 3 rings (SSSR count). The van der Waals surface area contributed by atoms with Crippen LogP contribution in [0.3, 0.4) is 0 Å². The van der Waals surface area contributed by atoms with E-state index in [1.54, 1.807) is 7.05 Å². The Bertz CT molecular complexity index is 936. The van der Waals surface area contributed by atoms with E-state index < -0.39 is 0 Å². The van der Waals surface area contributed by atoms with Crippen molar-refractivity contribution < 1.29 is 14.3 Å². The zero-order chi connectivity index (χ0) is 22.8. The van der Waals surface area contributed by atoms with Gasteiger partial charge in [0.05, 0.1) is 13.2 Å². The largest absolute Gasteiger partial charge is 0.491 e. The number of hydrogen-bond acceptors (Lipinski definition) is 4. The van der Waals surface area contributed by atoms with Gasteiger partial charge in [-0.25, -0.2) is 0 Å². The molecule has 180 valence electrons. The van der Waals surface area contributed by atoms with E-state index in [9.17, 15) is 4.79 Å². The van der Waals surface area contributed by atoms with Crippen LogP contribution >= 0.6 is 24.0 Å². The van der Waals surface area contributed by atoms with Crippen LogP contribution in [-0.4, -0.2) is 51.8 Å². The molecule has 8 heteroatoms. The molecule has 0 atom stereocenters. The molecule has 0 aromatic heterocycles. The summed E-state index contributed by atoms with van der Waals surface area (Å²) in [5.74, 6) is 1.44. The Balaban J connectivity index is 0.00000385. The Morgan fingerprint density at radius 3 is 2.76 bits per heavy atom. The fourth-order valence-electron chi connectivity index (χ4n) is 3.74. The van der Waals surface area contributed by atoms with E-state index in [1.165, 1.54) is 5.56 Å². The van der Waals surface area contributed by atoms with Gasteiger partial charge in [-0.3, -0.25) is 9.79 Å². The maximum absolute atomic E-state index is 12.9. The van der Waals surface area contributed by atoms with Gasteiger partial charge in [0.15, 0.2) is 5.96 Å². The zero-order valence-electron chi connectivity index (χ0n) is 19.7. The molecule has 33 heavy (non-hydrogen) atoms. The number of amides is 1. The van der Waals surface area contributed by atoms with Crippen molar-refractivity contribution in [2.24, 2.45) is 4.99 Å². The van der Waals surface area contributed by atoms with Crippen LogP contribution < -0.4 is 20.3 Å². The average molecular weight is 566 g/mol. The molecule has 2 aromatic carbocycles. The average Bonchev–Trinajstić information content (AvgIpc) is 2.82. The number of fused-ring (bicyclic) bond motifs is 1. The second-order valence-corrected chi connectivity index (χ2v) is 7.71. The van der Waals surface area contributed by atoms with E-state index in [-0.39, 0.29) is 36.4 Å². The van der Waals surface area contributed by atoms with E-state index >= 15 is 0 Å². The van der Waals surface area contributed by atoms with Gasteiger partial charge < -0.3 is 25.0 Å². The van der Waals surface area contributed by atoms with Crippen molar-refractivity contribution in [3.8, 4) is 5.75 Å². The summed E-state index contributed by atoms with van der Waals surface area (Å²) in [4.78, 5) is 19.0. The Labute approximate surface area is 214 Å². The van der Waals surface area contributed by atoms with E-state index in [4.69, 9.17) is 9.47 Å². The maximum Gasteiger partial charge on any atom is 0.246 e. The summed E-state index contributed by atoms with van der Waals surface area (Å²) < 4.78 is 11.3. The second kappa shape index (κ2) is 14.0. The van der Waals surface area contributed by atoms with E-state index in [2.05, 4.69) is 27.8 Å². The Morgan fingerprint density at radius 2 is 1.97 bits per heavy atom. The van der Waals surface area contributed by atoms with Gasteiger partial charge in [-0.15, -0.1) is 24.0 Å². The number of guanidine groups is 1. The number of para-hydroxylation sites is 1. The monoisotopic (exact) mass is 566 g/mol. The summed E-state index contributed by atoms with van der Waals surface area (Å²) in [5, 5.41) is 6.43. The third-order valence-electron chi connectivity index (χ3n) is 5.40. The van der Waals surface area contributed by atoms with Crippen LogP contribution in [0.5, 0.6) is 5.75 Å². The minimum atomic E-state index is 0. The fourth-order valence-corrected chi connectivity index (χ4v) is 3.74. The van der Waals surface area contributed by atoms with Crippen LogP contribution in [0.25, 0.3) is 0 Å². The number of benzene rings is 2. The van der Waals surface area contributed by atoms with Gasteiger partial charge in [0.2, 0.25) is 5.91 Å². The lowest BCUT2D eigenvalue weighted by molar-refractivity contribution is -0.117. The minimum absolute atomic E-state index is 0. The Morgan fingerprint density at radius 1 is 1.15 bits per heavy atom. The van der Waals surface area contributed by atoms with Gasteiger partial charge in [0.25, 0.3) is 0 Å². The molecular formula is C25H35IN4O3. The third-order valence-corrected chi connectivity index (χ3v) is 5.40. The molecule has 0 unspecified atom stereocenters. The number of aryl methyl sites for hydroxylation is 2. The molecule has 0 bridgehead atoms. The van der Waals surface area contributed by atoms with Crippen molar-refractivity contribution in [3.63, 3.8) is 0 Å². The lowest BCUT2D eigenvalue weighted by Crippen LogP contribution is -2.45. The zero-order valence-corrected chi connectivity index (χ0v) is 22.1. The highest BCUT2D eigenvalue weighted by Crippen LogP contribution is 2.26. The number of halogens is 1. The smallest absolute Gasteiger partial charge is 0.246 e. The maximum atomic E-state index is 12.9. The van der Waals surface area contributed by atoms with Gasteiger partial charge in [-0.05, 0) is 49.9 Å². The number of carbonyl (C=O) groups excluding carboxylic acids is 1. The summed E-state index contributed by atoms with van der Waals surface area (Å²) in [7, 11) is 1.70. The normalized spacial score (nSPS) is 13.1. The predicted octanol–water partition coefficient (Wildman–Crippen LogP) is 3.67. The van der Waals surface area contributed by atoms with Crippen molar-refractivity contribution >= 4 is 41.5 Å². The van der Waals surface area contributed by atoms with E-state index in [1.807, 2.05) is 49.1 Å². The summed E-state index contributed by atoms with van der Waals surface area (Å²) in [6.07, 6.45) is 2.00. The summed E-state index contributed by atoms with van der Waals surface area (Å²) >= 11 is 0. The summed E-state index contributed by atoms with van der Waals surface area (Å²) in [6, 6.07) is 14.2. The van der Waals surface area contributed by atoms with Crippen LogP contribution in [0.1, 0.15) is 30.0 Å². The first-order valence-corrected chi connectivity index (χ1v) is 11.2. The van der Waals surface area contributed by atoms with Gasteiger partial charge in [0, 0.05) is 38.0 Å². The molecule has 0 fully saturated rings. The van der Waals surface area contributed by atoms with Crippen molar-refractivity contribution in [2.75, 3.05) is 44.9 Å². The van der Waals surface area contributed by atoms with Gasteiger partial charge >= 0.3 is 0 Å². The third kappa shape index (κ3) is 7.89. The minimum Gasteiger partial charge on any atom is -0.491 e. The van der Waals surface area contributed by atoms with Gasteiger partial charge in [-0.2, -0.15) is 0 Å². The molecule has 7 nitrogen and oxygen atoms in total. The molecule has 1 aliphatic rings. The van der Waals surface area contributed by atoms with Crippen LogP contribution in [0.4, 0.5) is 5.69 Å². The number of nitrogens with one attached hydrogen (secondary N) is 2. The van der Waals surface area contributed by atoms with Crippen LogP contribution in [0.2, 0.25) is 0 Å². The number of hydrogen-bond donors (Lipinski definition) is 2. The molecule has 0 spiro atoms. The molecule has 0 aliphatic carbocycles. The molecule has 0 saturated heterocycles. The molecule has 2 N–H and O–H groups in total. The van der Waals surface area contributed by atoms with E-state index in [0.717, 1.165) is 42.0 Å². The Kier molecular flexibility index (Phi) is 11.5. The van der Waals surface area contributed by atoms with Crippen LogP contribution in [0, 0.1) is 6.92 Å². The SMILES string of the molecule is CCOCCOc1cc(C)ccc1CNC(=NC)NCC(=O)N1CCCc2ccccc21.I. The highest BCUT2D eigenvalue weighted by atomic mass is 127. The second-order valence-electron chi connectivity index (χ2n) is 7.71. The highest BCUT2D eigenvalue weighted by molar-refractivity contribution is 14.0. The Hall–Kier alpha value is -2.33. The molecule has 1 aliphatic heterocycles. The quantitative estimate of drug-likeness (QED) is 0.210. The van der Waals surface area contributed by atoms with Gasteiger partial charge in [0.1, 0.15) is 12.4 Å². The molecule has 0 saturated carbocycles. The highest BCUT2D eigenvalue weighted by Gasteiger charge is 2.22. The molecular weight excluding hydrogens is 531 g/mol. The lowest BCUT2D eigenvalue weighted by atomic mass is 10.0. The van der Waals surface area contributed by atoms with Crippen molar-refractivity contribution in [1.29, 1.82) is 0 Å². The van der Waals surface area contributed by atoms with Crippen LogP contribution in [-0.2, 0) is 22.5 Å².